The molecule has 0 aliphatic rings. The molecule has 7 heteroatoms. The Kier molecular flexibility index (Phi) is 7.59. The van der Waals surface area contributed by atoms with E-state index in [0.29, 0.717) is 6.42 Å². The molecule has 0 fully saturated rings. The second-order valence-electron chi connectivity index (χ2n) is 5.26. The Balaban J connectivity index is 2.56. The van der Waals surface area contributed by atoms with E-state index in [1.54, 1.807) is 0 Å². The van der Waals surface area contributed by atoms with Crippen LogP contribution in [0.15, 0.2) is 30.3 Å². The Morgan fingerprint density at radius 1 is 1.13 bits per heavy atom. The largest absolute Gasteiger partial charge is 0.515 e. The first-order valence-electron chi connectivity index (χ1n) is 7.19. The van der Waals surface area contributed by atoms with Crippen molar-refractivity contribution in [1.29, 1.82) is 0 Å². The van der Waals surface area contributed by atoms with Gasteiger partial charge in [0.2, 0.25) is 0 Å². The van der Waals surface area contributed by atoms with E-state index in [9.17, 15) is 14.4 Å². The lowest BCUT2D eigenvalue weighted by molar-refractivity contribution is -0.142. The first kappa shape index (κ1) is 18.5. The van der Waals surface area contributed by atoms with E-state index in [1.807, 2.05) is 44.2 Å². The minimum Gasteiger partial charge on any atom is -0.445 e. The van der Waals surface area contributed by atoms with E-state index in [1.165, 1.54) is 0 Å². The maximum Gasteiger partial charge on any atom is 0.515 e. The first-order valence-corrected chi connectivity index (χ1v) is 7.19. The van der Waals surface area contributed by atoms with E-state index in [2.05, 4.69) is 14.8 Å². The topological polar surface area (TPSA) is 90.9 Å². The Morgan fingerprint density at radius 2 is 1.78 bits per heavy atom. The lowest BCUT2D eigenvalue weighted by Gasteiger charge is -2.18. The van der Waals surface area contributed by atoms with Crippen LogP contribution >= 0.6 is 0 Å². The van der Waals surface area contributed by atoms with Gasteiger partial charge in [-0.3, -0.25) is 0 Å². The highest BCUT2D eigenvalue weighted by atomic mass is 16.7. The number of ether oxygens (including phenoxy) is 3. The SMILES string of the molecule is COC(=O)OC(=O)[C@H](CC(C)C)NC(=O)OCc1ccccc1. The molecule has 1 atom stereocenters. The second kappa shape index (κ2) is 9.45. The third kappa shape index (κ3) is 7.30. The summed E-state index contributed by atoms with van der Waals surface area (Å²) in [4.78, 5) is 34.7. The quantitative estimate of drug-likeness (QED) is 0.639. The number of carbonyl (C=O) groups excluding carboxylic acids is 3. The molecule has 0 unspecified atom stereocenters. The number of benzene rings is 1. The molecule has 7 nitrogen and oxygen atoms in total. The van der Waals surface area contributed by atoms with Crippen molar-refractivity contribution in [3.05, 3.63) is 35.9 Å². The summed E-state index contributed by atoms with van der Waals surface area (Å²) in [6.07, 6.45) is -1.58. The van der Waals surface area contributed by atoms with Crippen LogP contribution in [0.1, 0.15) is 25.8 Å². The number of hydrogen-bond donors (Lipinski definition) is 1. The zero-order chi connectivity index (χ0) is 17.2. The van der Waals surface area contributed by atoms with Crippen molar-refractivity contribution in [3.8, 4) is 0 Å². The molecule has 0 saturated heterocycles. The van der Waals surface area contributed by atoms with Crippen LogP contribution in [-0.2, 0) is 25.6 Å². The van der Waals surface area contributed by atoms with Crippen LogP contribution in [0, 0.1) is 5.92 Å². The molecule has 0 bridgehead atoms. The van der Waals surface area contributed by atoms with Crippen LogP contribution in [0.3, 0.4) is 0 Å². The number of nitrogens with one attached hydrogen (secondary N) is 1. The fourth-order valence-corrected chi connectivity index (χ4v) is 1.79. The summed E-state index contributed by atoms with van der Waals surface area (Å²) < 4.78 is 13.8. The van der Waals surface area contributed by atoms with Gasteiger partial charge in [0.25, 0.3) is 0 Å². The zero-order valence-electron chi connectivity index (χ0n) is 13.4. The summed E-state index contributed by atoms with van der Waals surface area (Å²) in [5, 5.41) is 2.40. The van der Waals surface area contributed by atoms with E-state index in [-0.39, 0.29) is 12.5 Å². The number of hydrogen-bond acceptors (Lipinski definition) is 6. The van der Waals surface area contributed by atoms with Gasteiger partial charge in [0.15, 0.2) is 0 Å². The molecule has 0 aliphatic heterocycles. The van der Waals surface area contributed by atoms with Crippen LogP contribution in [0.5, 0.6) is 0 Å². The maximum atomic E-state index is 11.9. The van der Waals surface area contributed by atoms with Gasteiger partial charge in [-0.2, -0.15) is 0 Å². The molecule has 1 amide bonds. The summed E-state index contributed by atoms with van der Waals surface area (Å²) in [5.41, 5.74) is 0.820. The third-order valence-corrected chi connectivity index (χ3v) is 2.85. The van der Waals surface area contributed by atoms with Crippen LogP contribution < -0.4 is 5.32 Å². The molecule has 0 aromatic heterocycles. The Morgan fingerprint density at radius 3 is 2.35 bits per heavy atom. The molecule has 1 aromatic rings. The Labute approximate surface area is 134 Å². The van der Waals surface area contributed by atoms with Crippen molar-refractivity contribution in [2.45, 2.75) is 32.9 Å². The van der Waals surface area contributed by atoms with Crippen molar-refractivity contribution in [1.82, 2.24) is 5.32 Å². The normalized spacial score (nSPS) is 11.5. The number of alkyl carbamates (subject to hydrolysis) is 1. The highest BCUT2D eigenvalue weighted by Gasteiger charge is 2.26. The summed E-state index contributed by atoms with van der Waals surface area (Å²) in [6, 6.07) is 8.13. The molecule has 0 saturated carbocycles. The molecule has 1 rings (SSSR count). The Bertz CT molecular complexity index is 529. The van der Waals surface area contributed by atoms with Crippen LogP contribution in [0.2, 0.25) is 0 Å². The highest BCUT2D eigenvalue weighted by Crippen LogP contribution is 2.08. The molecular weight excluding hydrogens is 302 g/mol. The van der Waals surface area contributed by atoms with E-state index >= 15 is 0 Å². The standard InChI is InChI=1S/C16H21NO6/c1-11(2)9-13(14(18)23-16(20)21-3)17-15(19)22-10-12-7-5-4-6-8-12/h4-8,11,13H,9-10H2,1-3H3,(H,17,19)/t13-/m0/s1. The fraction of sp³-hybridized carbons (Fsp3) is 0.438. The predicted octanol–water partition coefficient (Wildman–Crippen LogP) is 2.64. The highest BCUT2D eigenvalue weighted by molar-refractivity contribution is 5.88. The minimum absolute atomic E-state index is 0.0765. The van der Waals surface area contributed by atoms with Gasteiger partial charge in [-0.1, -0.05) is 44.2 Å². The van der Waals surface area contributed by atoms with Gasteiger partial charge < -0.3 is 19.5 Å². The zero-order valence-corrected chi connectivity index (χ0v) is 13.4. The molecule has 1 N–H and O–H groups in total. The second-order valence-corrected chi connectivity index (χ2v) is 5.26. The van der Waals surface area contributed by atoms with Gasteiger partial charge in [-0.25, -0.2) is 14.4 Å². The maximum absolute atomic E-state index is 11.9. The Hall–Kier alpha value is -2.57. The molecule has 126 valence electrons. The minimum atomic E-state index is -1.12. The van der Waals surface area contributed by atoms with Crippen LogP contribution in [0.4, 0.5) is 9.59 Å². The number of carbonyl (C=O) groups is 3. The van der Waals surface area contributed by atoms with Gasteiger partial charge >= 0.3 is 18.2 Å². The van der Waals surface area contributed by atoms with E-state index < -0.39 is 24.3 Å². The van der Waals surface area contributed by atoms with Crippen molar-refractivity contribution >= 4 is 18.2 Å². The van der Waals surface area contributed by atoms with Crippen molar-refractivity contribution in [2.24, 2.45) is 5.92 Å². The third-order valence-electron chi connectivity index (χ3n) is 2.85. The number of esters is 1. The number of methoxy groups -OCH3 is 1. The van der Waals surface area contributed by atoms with Gasteiger partial charge in [-0.15, -0.1) is 0 Å². The van der Waals surface area contributed by atoms with Crippen molar-refractivity contribution in [2.75, 3.05) is 7.11 Å². The molecule has 0 radical (unpaired) electrons. The van der Waals surface area contributed by atoms with Gasteiger partial charge in [0.05, 0.1) is 7.11 Å². The van der Waals surface area contributed by atoms with Gasteiger partial charge in [0.1, 0.15) is 12.6 Å². The van der Waals surface area contributed by atoms with E-state index in [0.717, 1.165) is 12.7 Å². The van der Waals surface area contributed by atoms with Crippen molar-refractivity contribution < 1.29 is 28.6 Å². The summed E-state index contributed by atoms with van der Waals surface area (Å²) in [5.74, 6) is -0.790. The summed E-state index contributed by atoms with van der Waals surface area (Å²) in [6.45, 7) is 3.82. The fourth-order valence-electron chi connectivity index (χ4n) is 1.79. The van der Waals surface area contributed by atoms with Crippen molar-refractivity contribution in [3.63, 3.8) is 0 Å². The molecule has 0 aliphatic carbocycles. The molecular formula is C16H21NO6. The average Bonchev–Trinajstić information content (AvgIpc) is 2.52. The molecule has 0 spiro atoms. The van der Waals surface area contributed by atoms with Gasteiger partial charge in [-0.05, 0) is 17.9 Å². The first-order chi connectivity index (χ1) is 10.9. The van der Waals surface area contributed by atoms with E-state index in [4.69, 9.17) is 4.74 Å². The lowest BCUT2D eigenvalue weighted by Crippen LogP contribution is -2.43. The average molecular weight is 323 g/mol. The lowest BCUT2D eigenvalue weighted by atomic mass is 10.0. The molecule has 1 aromatic carbocycles. The number of amides is 1. The molecule has 0 heterocycles. The summed E-state index contributed by atoms with van der Waals surface area (Å²) >= 11 is 0. The smallest absolute Gasteiger partial charge is 0.445 e. The summed E-state index contributed by atoms with van der Waals surface area (Å²) in [7, 11) is 1.09. The van der Waals surface area contributed by atoms with Gasteiger partial charge in [0, 0.05) is 0 Å². The predicted molar refractivity (Wildman–Crippen MR) is 81.5 cm³/mol. The van der Waals surface area contributed by atoms with Crippen LogP contribution in [0.25, 0.3) is 0 Å². The molecule has 23 heavy (non-hydrogen) atoms. The van der Waals surface area contributed by atoms with Crippen LogP contribution in [-0.4, -0.2) is 31.4 Å². The monoisotopic (exact) mass is 323 g/mol. The number of rotatable bonds is 6.